The van der Waals surface area contributed by atoms with Gasteiger partial charge in [-0.3, -0.25) is 9.89 Å². The Morgan fingerprint density at radius 3 is 2.93 bits per heavy atom. The van der Waals surface area contributed by atoms with Crippen LogP contribution in [-0.2, 0) is 4.79 Å². The number of nitrogens with one attached hydrogen (secondary N) is 1. The van der Waals surface area contributed by atoms with Gasteiger partial charge >= 0.3 is 0 Å². The highest BCUT2D eigenvalue weighted by Crippen LogP contribution is 2.46. The molecule has 3 heterocycles. The lowest BCUT2D eigenvalue weighted by atomic mass is 10.2. The Bertz CT molecular complexity index is 1060. The molecule has 0 fully saturated rings. The minimum absolute atomic E-state index is 0.110. The molecule has 0 atom stereocenters. The first kappa shape index (κ1) is 17.9. The first-order valence-corrected chi connectivity index (χ1v) is 10.6. The molecule has 6 nitrogen and oxygen atoms in total. The molecule has 0 saturated heterocycles. The molecule has 1 aliphatic heterocycles. The Balaban J connectivity index is 1.49. The number of thioether (sulfide) groups is 2. The molecule has 3 aromatic rings. The van der Waals surface area contributed by atoms with Crippen LogP contribution in [0.25, 0.3) is 10.7 Å². The quantitative estimate of drug-likeness (QED) is 0.383. The van der Waals surface area contributed by atoms with Crippen LogP contribution >= 0.6 is 34.9 Å². The first-order valence-electron chi connectivity index (χ1n) is 7.94. The molecular weight excluding hydrogens is 398 g/mol. The summed E-state index contributed by atoms with van der Waals surface area (Å²) in [6.07, 6.45) is 0. The molecule has 0 amide bonds. The lowest BCUT2D eigenvalue weighted by Crippen LogP contribution is -2.16. The number of benzene rings is 1. The van der Waals surface area contributed by atoms with Crippen LogP contribution in [0.4, 0.5) is 5.69 Å². The van der Waals surface area contributed by atoms with E-state index in [1.807, 2.05) is 53.7 Å². The number of allylic oxidation sites excluding steroid dienone is 1. The van der Waals surface area contributed by atoms with Crippen LogP contribution in [0.3, 0.4) is 0 Å². The summed E-state index contributed by atoms with van der Waals surface area (Å²) >= 11 is 4.23. The lowest BCUT2D eigenvalue weighted by molar-refractivity contribution is -0.112. The smallest absolute Gasteiger partial charge is 0.209 e. The molecule has 0 saturated carbocycles. The van der Waals surface area contributed by atoms with Gasteiger partial charge in [0.05, 0.1) is 16.3 Å². The van der Waals surface area contributed by atoms with Crippen LogP contribution in [-0.4, -0.2) is 33.8 Å². The number of carbonyl (C=O) groups is 1. The number of para-hydroxylation sites is 1. The van der Waals surface area contributed by atoms with Gasteiger partial charge in [-0.05, 0) is 23.6 Å². The number of nitriles is 1. The van der Waals surface area contributed by atoms with E-state index in [0.29, 0.717) is 16.0 Å². The number of fused-ring (bicyclic) bond motifs is 1. The third kappa shape index (κ3) is 3.51. The summed E-state index contributed by atoms with van der Waals surface area (Å²) in [7, 11) is 1.87. The number of aromatic nitrogens is 3. The molecule has 27 heavy (non-hydrogen) atoms. The average molecular weight is 412 g/mol. The van der Waals surface area contributed by atoms with Gasteiger partial charge in [-0.25, -0.2) is 4.98 Å². The van der Waals surface area contributed by atoms with E-state index in [2.05, 4.69) is 21.3 Å². The zero-order valence-corrected chi connectivity index (χ0v) is 16.6. The number of thiophene rings is 1. The van der Waals surface area contributed by atoms with E-state index in [-0.39, 0.29) is 17.1 Å². The van der Waals surface area contributed by atoms with Gasteiger partial charge in [-0.1, -0.05) is 41.7 Å². The van der Waals surface area contributed by atoms with Crippen molar-refractivity contribution in [3.8, 4) is 16.8 Å². The summed E-state index contributed by atoms with van der Waals surface area (Å²) in [5, 5.41) is 19.7. The van der Waals surface area contributed by atoms with Crippen molar-refractivity contribution in [2.45, 2.75) is 10.1 Å². The second-order valence-corrected chi connectivity index (χ2v) is 8.50. The maximum absolute atomic E-state index is 12.7. The summed E-state index contributed by atoms with van der Waals surface area (Å²) in [5.74, 6) is 0.561. The second kappa shape index (κ2) is 7.60. The highest BCUT2D eigenvalue weighted by molar-refractivity contribution is 8.03. The number of nitrogens with zero attached hydrogens (tertiary/aromatic N) is 4. The Kier molecular flexibility index (Phi) is 5.03. The summed E-state index contributed by atoms with van der Waals surface area (Å²) in [6, 6.07) is 13.8. The van der Waals surface area contributed by atoms with Gasteiger partial charge in [0.25, 0.3) is 0 Å². The molecular formula is C18H13N5OS3. The van der Waals surface area contributed by atoms with E-state index in [1.165, 1.54) is 23.5 Å². The van der Waals surface area contributed by atoms with Gasteiger partial charge in [0.15, 0.2) is 11.6 Å². The molecule has 4 rings (SSSR count). The van der Waals surface area contributed by atoms with E-state index in [9.17, 15) is 10.1 Å². The average Bonchev–Trinajstić information content (AvgIpc) is 3.42. The van der Waals surface area contributed by atoms with Gasteiger partial charge in [-0.15, -0.1) is 16.4 Å². The number of rotatable bonds is 5. The molecule has 0 radical (unpaired) electrons. The SMILES string of the molecule is CN1/C(=C(\C#N)C(=O)CSc2n[nH]c(-c3cccs3)n2)Sc2ccccc21. The Morgan fingerprint density at radius 2 is 2.19 bits per heavy atom. The van der Waals surface area contributed by atoms with Crippen LogP contribution in [0.2, 0.25) is 0 Å². The van der Waals surface area contributed by atoms with Crippen LogP contribution in [0.15, 0.2) is 62.4 Å². The van der Waals surface area contributed by atoms with Crippen molar-refractivity contribution >= 4 is 46.3 Å². The standard InChI is InChI=1S/C18H13N5OS3/c1-23-12-5-2-3-6-14(12)27-17(23)11(9-19)13(24)10-26-18-20-16(21-22-18)15-7-4-8-25-15/h2-8H,10H2,1H3,(H,20,21,22)/b17-11-. The highest BCUT2D eigenvalue weighted by Gasteiger charge is 2.27. The summed E-state index contributed by atoms with van der Waals surface area (Å²) in [4.78, 5) is 21.0. The van der Waals surface area contributed by atoms with E-state index in [4.69, 9.17) is 0 Å². The van der Waals surface area contributed by atoms with Crippen molar-refractivity contribution in [1.82, 2.24) is 15.2 Å². The van der Waals surface area contributed by atoms with E-state index in [0.717, 1.165) is 15.5 Å². The van der Waals surface area contributed by atoms with E-state index >= 15 is 0 Å². The molecule has 9 heteroatoms. The number of anilines is 1. The van der Waals surface area contributed by atoms with E-state index < -0.39 is 0 Å². The summed E-state index contributed by atoms with van der Waals surface area (Å²) in [5.41, 5.74) is 1.17. The first-order chi connectivity index (χ1) is 13.2. The van der Waals surface area contributed by atoms with Crippen LogP contribution in [0.5, 0.6) is 0 Å². The Morgan fingerprint density at radius 1 is 1.33 bits per heavy atom. The summed E-state index contributed by atoms with van der Waals surface area (Å²) < 4.78 is 0. The zero-order valence-electron chi connectivity index (χ0n) is 14.2. The lowest BCUT2D eigenvalue weighted by Gasteiger charge is -2.14. The molecule has 1 aliphatic rings. The third-order valence-electron chi connectivity index (χ3n) is 3.89. The molecule has 0 unspecified atom stereocenters. The largest absolute Gasteiger partial charge is 0.337 e. The zero-order chi connectivity index (χ0) is 18.8. The minimum Gasteiger partial charge on any atom is -0.337 e. The fraction of sp³-hybridized carbons (Fsp3) is 0.111. The third-order valence-corrected chi connectivity index (χ3v) is 6.85. The molecule has 0 spiro atoms. The fourth-order valence-electron chi connectivity index (χ4n) is 2.59. The second-order valence-electron chi connectivity index (χ2n) is 5.58. The van der Waals surface area contributed by atoms with Gasteiger partial charge in [0.1, 0.15) is 16.7 Å². The van der Waals surface area contributed by atoms with Crippen LogP contribution in [0, 0.1) is 11.3 Å². The monoisotopic (exact) mass is 411 g/mol. The number of H-pyrrole nitrogens is 1. The molecule has 2 aromatic heterocycles. The predicted molar refractivity (Wildman–Crippen MR) is 109 cm³/mol. The maximum Gasteiger partial charge on any atom is 0.209 e. The van der Waals surface area contributed by atoms with Gasteiger partial charge in [0.2, 0.25) is 5.16 Å². The number of Topliss-reactive ketones (excluding diaryl/α,β-unsaturated/α-hetero) is 1. The number of carbonyl (C=O) groups excluding carboxylic acids is 1. The topological polar surface area (TPSA) is 85.7 Å². The normalized spacial score (nSPS) is 14.7. The number of ketones is 1. The van der Waals surface area contributed by atoms with Gasteiger partial charge in [0, 0.05) is 11.9 Å². The van der Waals surface area contributed by atoms with Crippen molar-refractivity contribution in [2.24, 2.45) is 0 Å². The van der Waals surface area contributed by atoms with Crippen LogP contribution in [0.1, 0.15) is 0 Å². The van der Waals surface area contributed by atoms with E-state index in [1.54, 1.807) is 11.3 Å². The molecule has 1 aromatic carbocycles. The molecule has 0 aliphatic carbocycles. The molecule has 1 N–H and O–H groups in total. The Hall–Kier alpha value is -2.54. The van der Waals surface area contributed by atoms with Crippen molar-refractivity contribution in [2.75, 3.05) is 17.7 Å². The number of aromatic amines is 1. The van der Waals surface area contributed by atoms with Crippen molar-refractivity contribution in [3.05, 3.63) is 52.4 Å². The van der Waals surface area contributed by atoms with Crippen molar-refractivity contribution < 1.29 is 4.79 Å². The highest BCUT2D eigenvalue weighted by atomic mass is 32.2. The fourth-order valence-corrected chi connectivity index (χ4v) is 5.08. The molecule has 134 valence electrons. The minimum atomic E-state index is -0.230. The number of hydrogen-bond donors (Lipinski definition) is 1. The maximum atomic E-state index is 12.7. The number of hydrogen-bond acceptors (Lipinski definition) is 8. The van der Waals surface area contributed by atoms with Crippen molar-refractivity contribution in [1.29, 1.82) is 5.26 Å². The van der Waals surface area contributed by atoms with Gasteiger partial charge in [-0.2, -0.15) is 5.26 Å². The molecule has 0 bridgehead atoms. The predicted octanol–water partition coefficient (Wildman–Crippen LogP) is 4.17. The summed E-state index contributed by atoms with van der Waals surface area (Å²) in [6.45, 7) is 0. The van der Waals surface area contributed by atoms with Crippen LogP contribution < -0.4 is 4.90 Å². The Labute approximate surface area is 168 Å². The van der Waals surface area contributed by atoms with Crippen molar-refractivity contribution in [3.63, 3.8) is 0 Å². The van der Waals surface area contributed by atoms with Gasteiger partial charge < -0.3 is 4.90 Å².